The number of hydrogen-bond donors (Lipinski definition) is 0. The lowest BCUT2D eigenvalue weighted by Crippen LogP contribution is -2.45. The Morgan fingerprint density at radius 2 is 1.68 bits per heavy atom. The van der Waals surface area contributed by atoms with E-state index in [1.54, 1.807) is 43.4 Å². The number of rotatable bonds is 10. The SMILES string of the molecule is COc1ccc(S(=O)(=O)N2CCC(C(=O)N(CCCN(C)C)c3nc4ccc(OC)cc4s3)CC2)cc1. The number of sulfonamides is 1. The number of benzene rings is 2. The summed E-state index contributed by atoms with van der Waals surface area (Å²) in [7, 11) is 3.56. The van der Waals surface area contributed by atoms with Crippen molar-refractivity contribution in [3.63, 3.8) is 0 Å². The molecule has 0 atom stereocenters. The van der Waals surface area contributed by atoms with E-state index >= 15 is 0 Å². The summed E-state index contributed by atoms with van der Waals surface area (Å²) in [5.74, 6) is 1.10. The summed E-state index contributed by atoms with van der Waals surface area (Å²) in [5, 5.41) is 0.667. The molecule has 1 aromatic heterocycles. The molecule has 0 bridgehead atoms. The van der Waals surface area contributed by atoms with Crippen LogP contribution in [-0.2, 0) is 14.8 Å². The molecule has 1 amide bonds. The Hall–Kier alpha value is -2.73. The lowest BCUT2D eigenvalue weighted by molar-refractivity contribution is -0.123. The zero-order chi connectivity index (χ0) is 26.6. The molecule has 2 heterocycles. The van der Waals surface area contributed by atoms with Gasteiger partial charge in [-0.25, -0.2) is 13.4 Å². The number of thiazole rings is 1. The zero-order valence-corrected chi connectivity index (χ0v) is 23.3. The number of ether oxygens (including phenoxy) is 2. The average Bonchev–Trinajstić information content (AvgIpc) is 3.33. The first kappa shape index (κ1) is 27.3. The maximum Gasteiger partial charge on any atom is 0.243 e. The van der Waals surface area contributed by atoms with E-state index in [-0.39, 0.29) is 16.7 Å². The number of aromatic nitrogens is 1. The molecule has 200 valence electrons. The molecule has 9 nitrogen and oxygen atoms in total. The lowest BCUT2D eigenvalue weighted by atomic mass is 9.96. The Kier molecular flexibility index (Phi) is 8.68. The van der Waals surface area contributed by atoms with Crippen molar-refractivity contribution < 1.29 is 22.7 Å². The van der Waals surface area contributed by atoms with E-state index in [0.717, 1.165) is 28.9 Å². The standard InChI is InChI=1S/C26H34N4O5S2/c1-28(2)14-5-15-30(26-27-23-11-8-21(35-4)18-24(23)36-26)25(31)19-12-16-29(17-13-19)37(32,33)22-9-6-20(34-3)7-10-22/h6-11,18-19H,5,12-17H2,1-4H3. The van der Waals surface area contributed by atoms with E-state index in [9.17, 15) is 13.2 Å². The molecule has 1 aliphatic heterocycles. The number of anilines is 1. The van der Waals surface area contributed by atoms with Gasteiger partial charge in [0.15, 0.2) is 5.13 Å². The predicted octanol–water partition coefficient (Wildman–Crippen LogP) is 3.70. The summed E-state index contributed by atoms with van der Waals surface area (Å²) in [6, 6.07) is 12.1. The molecule has 37 heavy (non-hydrogen) atoms. The Balaban J connectivity index is 1.49. The van der Waals surface area contributed by atoms with Crippen molar-refractivity contribution in [3.8, 4) is 11.5 Å². The van der Waals surface area contributed by atoms with Crippen molar-refractivity contribution in [1.29, 1.82) is 0 Å². The average molecular weight is 547 g/mol. The summed E-state index contributed by atoms with van der Waals surface area (Å²) in [4.78, 5) is 22.6. The van der Waals surface area contributed by atoms with Crippen LogP contribution in [-0.4, -0.2) is 83.0 Å². The van der Waals surface area contributed by atoms with Crippen LogP contribution in [0, 0.1) is 5.92 Å². The minimum atomic E-state index is -3.63. The largest absolute Gasteiger partial charge is 0.497 e. The summed E-state index contributed by atoms with van der Waals surface area (Å²) >= 11 is 1.47. The van der Waals surface area contributed by atoms with E-state index in [2.05, 4.69) is 4.90 Å². The number of hydrogen-bond acceptors (Lipinski definition) is 8. The first-order chi connectivity index (χ1) is 17.7. The highest BCUT2D eigenvalue weighted by Crippen LogP contribution is 2.34. The van der Waals surface area contributed by atoms with Crippen molar-refractivity contribution in [2.24, 2.45) is 5.92 Å². The third kappa shape index (κ3) is 6.23. The van der Waals surface area contributed by atoms with Crippen molar-refractivity contribution in [1.82, 2.24) is 14.2 Å². The number of fused-ring (bicyclic) bond motifs is 1. The fraction of sp³-hybridized carbons (Fsp3) is 0.462. The van der Waals surface area contributed by atoms with Gasteiger partial charge in [0.05, 0.1) is 29.3 Å². The van der Waals surface area contributed by atoms with Crippen LogP contribution in [0.4, 0.5) is 5.13 Å². The molecular weight excluding hydrogens is 512 g/mol. The number of nitrogens with zero attached hydrogens (tertiary/aromatic N) is 4. The van der Waals surface area contributed by atoms with Gasteiger partial charge in [-0.15, -0.1) is 0 Å². The minimum Gasteiger partial charge on any atom is -0.497 e. The summed E-state index contributed by atoms with van der Waals surface area (Å²) in [6.45, 7) is 2.00. The smallest absolute Gasteiger partial charge is 0.243 e. The van der Waals surface area contributed by atoms with Gasteiger partial charge in [0.1, 0.15) is 11.5 Å². The van der Waals surface area contributed by atoms with Crippen LogP contribution >= 0.6 is 11.3 Å². The molecule has 0 unspecified atom stereocenters. The van der Waals surface area contributed by atoms with Crippen LogP contribution in [0.25, 0.3) is 10.2 Å². The number of methoxy groups -OCH3 is 2. The van der Waals surface area contributed by atoms with Crippen LogP contribution in [0.3, 0.4) is 0 Å². The third-order valence-electron chi connectivity index (χ3n) is 6.57. The van der Waals surface area contributed by atoms with Crippen molar-refractivity contribution in [3.05, 3.63) is 42.5 Å². The molecule has 11 heteroatoms. The van der Waals surface area contributed by atoms with Crippen molar-refractivity contribution in [2.75, 3.05) is 59.4 Å². The molecule has 0 saturated carbocycles. The second-order valence-corrected chi connectivity index (χ2v) is 12.3. The Morgan fingerprint density at radius 3 is 2.30 bits per heavy atom. The van der Waals surface area contributed by atoms with Gasteiger partial charge in [0.25, 0.3) is 0 Å². The second-order valence-electron chi connectivity index (χ2n) is 9.33. The van der Waals surface area contributed by atoms with E-state index in [4.69, 9.17) is 14.5 Å². The van der Waals surface area contributed by atoms with Crippen LogP contribution in [0.2, 0.25) is 0 Å². The Labute approximate surface area is 222 Å². The fourth-order valence-corrected chi connectivity index (χ4v) is 6.94. The quantitative estimate of drug-likeness (QED) is 0.383. The topological polar surface area (TPSA) is 92.3 Å². The van der Waals surface area contributed by atoms with Gasteiger partial charge in [0.2, 0.25) is 15.9 Å². The van der Waals surface area contributed by atoms with Crippen molar-refractivity contribution in [2.45, 2.75) is 24.2 Å². The molecule has 0 spiro atoms. The summed E-state index contributed by atoms with van der Waals surface area (Å²) in [5.41, 5.74) is 0.826. The number of amides is 1. The highest BCUT2D eigenvalue weighted by Gasteiger charge is 2.35. The van der Waals surface area contributed by atoms with Gasteiger partial charge in [-0.1, -0.05) is 11.3 Å². The van der Waals surface area contributed by atoms with Gasteiger partial charge in [-0.05, 0) is 82.4 Å². The highest BCUT2D eigenvalue weighted by molar-refractivity contribution is 7.89. The molecule has 0 radical (unpaired) electrons. The molecule has 1 fully saturated rings. The Morgan fingerprint density at radius 1 is 1.03 bits per heavy atom. The van der Waals surface area contributed by atoms with Crippen LogP contribution < -0.4 is 14.4 Å². The number of carbonyl (C=O) groups is 1. The number of carbonyl (C=O) groups excluding carboxylic acids is 1. The summed E-state index contributed by atoms with van der Waals surface area (Å²) < 4.78 is 39.2. The maximum absolute atomic E-state index is 13.7. The van der Waals surface area contributed by atoms with Crippen LogP contribution in [0.15, 0.2) is 47.4 Å². The molecule has 1 saturated heterocycles. The fourth-order valence-electron chi connectivity index (χ4n) is 4.44. The zero-order valence-electron chi connectivity index (χ0n) is 21.7. The first-order valence-corrected chi connectivity index (χ1v) is 14.5. The highest BCUT2D eigenvalue weighted by atomic mass is 32.2. The third-order valence-corrected chi connectivity index (χ3v) is 9.52. The normalized spacial score (nSPS) is 15.3. The van der Waals surface area contributed by atoms with Gasteiger partial charge in [-0.2, -0.15) is 4.31 Å². The second kappa shape index (κ2) is 11.8. The molecule has 0 aliphatic carbocycles. The molecular formula is C26H34N4O5S2. The van der Waals surface area contributed by atoms with Crippen molar-refractivity contribution >= 4 is 42.6 Å². The minimum absolute atomic E-state index is 0.00581. The molecule has 1 aliphatic rings. The van der Waals surface area contributed by atoms with Crippen LogP contribution in [0.1, 0.15) is 19.3 Å². The predicted molar refractivity (Wildman–Crippen MR) is 146 cm³/mol. The van der Waals surface area contributed by atoms with Gasteiger partial charge in [0, 0.05) is 25.6 Å². The molecule has 2 aromatic carbocycles. The van der Waals surface area contributed by atoms with E-state index < -0.39 is 10.0 Å². The van der Waals surface area contributed by atoms with Gasteiger partial charge in [-0.3, -0.25) is 9.69 Å². The monoisotopic (exact) mass is 546 g/mol. The lowest BCUT2D eigenvalue weighted by Gasteiger charge is -2.33. The van der Waals surface area contributed by atoms with Gasteiger partial charge < -0.3 is 14.4 Å². The van der Waals surface area contributed by atoms with Gasteiger partial charge >= 0.3 is 0 Å². The molecule has 4 rings (SSSR count). The van der Waals surface area contributed by atoms with E-state index in [0.29, 0.717) is 43.4 Å². The summed E-state index contributed by atoms with van der Waals surface area (Å²) in [6.07, 6.45) is 1.75. The number of piperidine rings is 1. The maximum atomic E-state index is 13.7. The van der Waals surface area contributed by atoms with Crippen LogP contribution in [0.5, 0.6) is 11.5 Å². The van der Waals surface area contributed by atoms with E-state index in [1.165, 1.54) is 15.6 Å². The first-order valence-electron chi connectivity index (χ1n) is 12.3. The van der Waals surface area contributed by atoms with E-state index in [1.807, 2.05) is 32.3 Å². The Bertz CT molecular complexity index is 1320. The molecule has 3 aromatic rings. The molecule has 0 N–H and O–H groups in total.